The number of hydrogen-bond acceptors (Lipinski definition) is 3. The summed E-state index contributed by atoms with van der Waals surface area (Å²) in [6.07, 6.45) is 8.14. The first-order chi connectivity index (χ1) is 11.7. The molecule has 0 spiro atoms. The average molecular weight is 327 g/mol. The normalized spacial score (nSPS) is 33.4. The van der Waals surface area contributed by atoms with E-state index in [2.05, 4.69) is 46.9 Å². The van der Waals surface area contributed by atoms with Crippen LogP contribution in [0.25, 0.3) is 0 Å². The van der Waals surface area contributed by atoms with Gasteiger partial charge in [-0.15, -0.1) is 0 Å². The highest BCUT2D eigenvalue weighted by Crippen LogP contribution is 2.36. The lowest BCUT2D eigenvalue weighted by atomic mass is 9.86. The molecule has 1 aliphatic heterocycles. The van der Waals surface area contributed by atoms with Crippen LogP contribution in [0.2, 0.25) is 0 Å². The Kier molecular flexibility index (Phi) is 4.59. The zero-order valence-corrected chi connectivity index (χ0v) is 14.6. The molecule has 3 fully saturated rings. The van der Waals surface area contributed by atoms with Crippen LogP contribution in [0.3, 0.4) is 0 Å². The zero-order valence-electron chi connectivity index (χ0n) is 14.6. The molecule has 2 N–H and O–H groups in total. The van der Waals surface area contributed by atoms with Crippen LogP contribution in [0.1, 0.15) is 63.5 Å². The van der Waals surface area contributed by atoms with E-state index in [-0.39, 0.29) is 12.1 Å². The monoisotopic (exact) mass is 327 g/mol. The summed E-state index contributed by atoms with van der Waals surface area (Å²) in [5.41, 5.74) is 7.86. The van der Waals surface area contributed by atoms with Gasteiger partial charge in [-0.05, 0) is 56.4 Å². The van der Waals surface area contributed by atoms with E-state index >= 15 is 0 Å². The lowest BCUT2D eigenvalue weighted by Crippen LogP contribution is -2.51. The number of amides is 1. The molecule has 4 heteroatoms. The van der Waals surface area contributed by atoms with Crippen LogP contribution < -0.4 is 10.9 Å². The zero-order chi connectivity index (χ0) is 16.5. The molecule has 1 aromatic carbocycles. The van der Waals surface area contributed by atoms with E-state index in [1.807, 2.05) is 6.07 Å². The first-order valence-electron chi connectivity index (χ1n) is 9.60. The Labute approximate surface area is 145 Å². The van der Waals surface area contributed by atoms with Crippen LogP contribution in [0.5, 0.6) is 0 Å². The summed E-state index contributed by atoms with van der Waals surface area (Å²) in [6, 6.07) is 11.5. The van der Waals surface area contributed by atoms with E-state index in [1.165, 1.54) is 44.1 Å². The number of hydrogen-bond donors (Lipinski definition) is 2. The summed E-state index contributed by atoms with van der Waals surface area (Å²) in [7, 11) is 0. The molecule has 0 aromatic heterocycles. The molecule has 1 heterocycles. The van der Waals surface area contributed by atoms with Gasteiger partial charge in [0, 0.05) is 18.1 Å². The van der Waals surface area contributed by atoms with Gasteiger partial charge < -0.3 is 4.90 Å². The van der Waals surface area contributed by atoms with E-state index in [4.69, 9.17) is 0 Å². The third kappa shape index (κ3) is 3.35. The third-order valence-electron chi connectivity index (χ3n) is 5.98. The van der Waals surface area contributed by atoms with Crippen molar-refractivity contribution in [3.05, 3.63) is 35.9 Å². The van der Waals surface area contributed by atoms with Crippen molar-refractivity contribution >= 4 is 5.91 Å². The van der Waals surface area contributed by atoms with Crippen LogP contribution in [0.4, 0.5) is 0 Å². The summed E-state index contributed by atoms with van der Waals surface area (Å²) in [5, 5.41) is 0. The molecule has 2 aliphatic carbocycles. The molecule has 4 nitrogen and oxygen atoms in total. The first kappa shape index (κ1) is 16.1. The van der Waals surface area contributed by atoms with Gasteiger partial charge in [0.25, 0.3) is 0 Å². The quantitative estimate of drug-likeness (QED) is 0.893. The second-order valence-electron chi connectivity index (χ2n) is 7.93. The Morgan fingerprint density at radius 1 is 0.958 bits per heavy atom. The molecule has 2 atom stereocenters. The van der Waals surface area contributed by atoms with Gasteiger partial charge in [-0.3, -0.25) is 4.79 Å². The number of carbonyl (C=O) groups excluding carboxylic acids is 1. The van der Waals surface area contributed by atoms with E-state index in [0.29, 0.717) is 18.0 Å². The van der Waals surface area contributed by atoms with Crippen molar-refractivity contribution in [3.8, 4) is 0 Å². The van der Waals surface area contributed by atoms with Crippen molar-refractivity contribution in [3.63, 3.8) is 0 Å². The molecule has 130 valence electrons. The van der Waals surface area contributed by atoms with Crippen molar-refractivity contribution in [1.29, 1.82) is 0 Å². The average Bonchev–Trinajstić information content (AvgIpc) is 3.32. The fraction of sp³-hybridized carbons (Fsp3) is 0.650. The van der Waals surface area contributed by atoms with Gasteiger partial charge in [-0.1, -0.05) is 37.3 Å². The Bertz CT molecular complexity index is 564. The maximum Gasteiger partial charge on any atom is 0.241 e. The van der Waals surface area contributed by atoms with Gasteiger partial charge in [0.1, 0.15) is 6.04 Å². The summed E-state index contributed by atoms with van der Waals surface area (Å²) in [4.78, 5) is 15.5. The molecule has 0 radical (unpaired) electrons. The largest absolute Gasteiger partial charge is 0.335 e. The molecule has 24 heavy (non-hydrogen) atoms. The van der Waals surface area contributed by atoms with Crippen molar-refractivity contribution in [2.75, 3.05) is 0 Å². The van der Waals surface area contributed by atoms with Crippen LogP contribution >= 0.6 is 0 Å². The second kappa shape index (κ2) is 6.85. The SMILES string of the molecule is CC1CCC(N(C(=O)C2CC(c3ccccc3)NN2)C2CC2)CC1. The lowest BCUT2D eigenvalue weighted by molar-refractivity contribution is -0.137. The van der Waals surface area contributed by atoms with Gasteiger partial charge >= 0.3 is 0 Å². The van der Waals surface area contributed by atoms with Gasteiger partial charge in [0.05, 0.1) is 0 Å². The Morgan fingerprint density at radius 2 is 1.58 bits per heavy atom. The van der Waals surface area contributed by atoms with Crippen LogP contribution in [-0.2, 0) is 4.79 Å². The Balaban J connectivity index is 1.42. The van der Waals surface area contributed by atoms with Crippen molar-refractivity contribution in [1.82, 2.24) is 15.8 Å². The predicted molar refractivity (Wildman–Crippen MR) is 95.1 cm³/mol. The summed E-state index contributed by atoms with van der Waals surface area (Å²) in [6.45, 7) is 2.34. The van der Waals surface area contributed by atoms with Gasteiger partial charge in [0.2, 0.25) is 5.91 Å². The molecule has 1 saturated heterocycles. The number of hydrazine groups is 1. The van der Waals surface area contributed by atoms with Crippen LogP contribution in [0, 0.1) is 5.92 Å². The smallest absolute Gasteiger partial charge is 0.241 e. The Hall–Kier alpha value is -1.39. The summed E-state index contributed by atoms with van der Waals surface area (Å²) >= 11 is 0. The third-order valence-corrected chi connectivity index (χ3v) is 5.98. The molecule has 3 aliphatic rings. The number of nitrogens with zero attached hydrogens (tertiary/aromatic N) is 1. The highest BCUT2D eigenvalue weighted by atomic mass is 16.2. The molecule has 1 amide bonds. The van der Waals surface area contributed by atoms with Crippen molar-refractivity contribution in [2.45, 2.75) is 76.0 Å². The van der Waals surface area contributed by atoms with Crippen molar-refractivity contribution < 1.29 is 4.79 Å². The van der Waals surface area contributed by atoms with Gasteiger partial charge in [-0.25, -0.2) is 10.9 Å². The Morgan fingerprint density at radius 3 is 2.21 bits per heavy atom. The topological polar surface area (TPSA) is 44.4 Å². The highest BCUT2D eigenvalue weighted by molar-refractivity contribution is 5.83. The minimum absolute atomic E-state index is 0.0878. The first-order valence-corrected chi connectivity index (χ1v) is 9.60. The molecular weight excluding hydrogens is 298 g/mol. The number of nitrogens with one attached hydrogen (secondary N) is 2. The summed E-state index contributed by atoms with van der Waals surface area (Å²) in [5.74, 6) is 1.15. The lowest BCUT2D eigenvalue weighted by Gasteiger charge is -2.37. The van der Waals surface area contributed by atoms with Crippen molar-refractivity contribution in [2.24, 2.45) is 5.92 Å². The fourth-order valence-corrected chi connectivity index (χ4v) is 4.33. The second-order valence-corrected chi connectivity index (χ2v) is 7.93. The number of carbonyl (C=O) groups is 1. The maximum atomic E-state index is 13.2. The van der Waals surface area contributed by atoms with E-state index in [9.17, 15) is 4.79 Å². The van der Waals surface area contributed by atoms with E-state index in [0.717, 1.165) is 12.3 Å². The number of benzene rings is 1. The highest BCUT2D eigenvalue weighted by Gasteiger charge is 2.42. The summed E-state index contributed by atoms with van der Waals surface area (Å²) < 4.78 is 0. The maximum absolute atomic E-state index is 13.2. The van der Waals surface area contributed by atoms with E-state index in [1.54, 1.807) is 0 Å². The predicted octanol–water partition coefficient (Wildman–Crippen LogP) is 3.16. The molecule has 4 rings (SSSR count). The van der Waals surface area contributed by atoms with Crippen LogP contribution in [-0.4, -0.2) is 28.9 Å². The molecule has 0 bridgehead atoms. The molecule has 2 saturated carbocycles. The molecular formula is C20H29N3O. The number of rotatable bonds is 4. The van der Waals surface area contributed by atoms with Gasteiger partial charge in [0.15, 0.2) is 0 Å². The van der Waals surface area contributed by atoms with E-state index < -0.39 is 0 Å². The van der Waals surface area contributed by atoms with Gasteiger partial charge in [-0.2, -0.15) is 0 Å². The molecule has 2 unspecified atom stereocenters. The fourth-order valence-electron chi connectivity index (χ4n) is 4.33. The standard InChI is InChI=1S/C20H29N3O/c1-14-7-9-16(10-8-14)23(17-11-12-17)20(24)19-13-18(21-22-19)15-5-3-2-4-6-15/h2-6,14,16-19,21-22H,7-13H2,1H3. The molecule has 1 aromatic rings. The van der Waals surface area contributed by atoms with Crippen LogP contribution in [0.15, 0.2) is 30.3 Å². The minimum Gasteiger partial charge on any atom is -0.335 e. The minimum atomic E-state index is -0.0878.